The molecule has 1 aliphatic heterocycles. The van der Waals surface area contributed by atoms with Gasteiger partial charge in [0.05, 0.1) is 13.2 Å². The maximum atomic E-state index is 13.6. The Morgan fingerprint density at radius 1 is 0.909 bits per heavy atom. The van der Waals surface area contributed by atoms with Gasteiger partial charge in [0, 0.05) is 12.0 Å². The van der Waals surface area contributed by atoms with Gasteiger partial charge in [0.2, 0.25) is 0 Å². The number of amides is 1. The molecule has 0 saturated carbocycles. The van der Waals surface area contributed by atoms with Gasteiger partial charge in [0.1, 0.15) is 6.04 Å². The minimum absolute atomic E-state index is 0.0890. The van der Waals surface area contributed by atoms with E-state index in [-0.39, 0.29) is 35.8 Å². The summed E-state index contributed by atoms with van der Waals surface area (Å²) in [7, 11) is 1.24. The number of esters is 1. The van der Waals surface area contributed by atoms with Crippen LogP contribution in [-0.2, 0) is 22.4 Å². The summed E-state index contributed by atoms with van der Waals surface area (Å²) < 4.78 is 4.99. The molecule has 0 aromatic heterocycles. The third kappa shape index (κ3) is 4.15. The molecule has 33 heavy (non-hydrogen) atoms. The van der Waals surface area contributed by atoms with Crippen LogP contribution in [0.4, 0.5) is 0 Å². The summed E-state index contributed by atoms with van der Waals surface area (Å²) in [5.74, 6) is -2.30. The second-order valence-corrected chi connectivity index (χ2v) is 7.90. The van der Waals surface area contributed by atoms with E-state index < -0.39 is 24.0 Å². The quantitative estimate of drug-likeness (QED) is 0.356. The lowest BCUT2D eigenvalue weighted by Gasteiger charge is -2.42. The number of nitrogens with zero attached hydrogens (tertiary/aromatic N) is 1. The van der Waals surface area contributed by atoms with Gasteiger partial charge in [0.15, 0.2) is 23.0 Å². The SMILES string of the molecule is COC(=O)[C@@H]1Cc2cc(O)c(O)cc2[C@H](Cc2ccc(O)c(O)c2)N1C(=O)c1ccccc1. The molecule has 0 aliphatic carbocycles. The number of fused-ring (bicyclic) bond motifs is 1. The fraction of sp³-hybridized carbons (Fsp3) is 0.200. The lowest BCUT2D eigenvalue weighted by Crippen LogP contribution is -2.52. The molecule has 0 spiro atoms. The molecule has 0 radical (unpaired) electrons. The predicted molar refractivity (Wildman–Crippen MR) is 118 cm³/mol. The summed E-state index contributed by atoms with van der Waals surface area (Å²) in [5.41, 5.74) is 2.11. The number of ether oxygens (including phenoxy) is 1. The third-order valence-corrected chi connectivity index (χ3v) is 5.88. The molecule has 2 atom stereocenters. The number of hydrogen-bond acceptors (Lipinski definition) is 7. The number of phenolic OH excluding ortho intramolecular Hbond substituents is 4. The first-order valence-electron chi connectivity index (χ1n) is 10.3. The number of aromatic hydroxyl groups is 4. The van der Waals surface area contributed by atoms with Crippen molar-refractivity contribution in [2.24, 2.45) is 0 Å². The van der Waals surface area contributed by atoms with E-state index in [1.165, 1.54) is 36.3 Å². The largest absolute Gasteiger partial charge is 0.504 e. The topological polar surface area (TPSA) is 128 Å². The van der Waals surface area contributed by atoms with Crippen molar-refractivity contribution >= 4 is 11.9 Å². The number of rotatable bonds is 4. The van der Waals surface area contributed by atoms with E-state index in [4.69, 9.17) is 4.74 Å². The lowest BCUT2D eigenvalue weighted by molar-refractivity contribution is -0.147. The minimum Gasteiger partial charge on any atom is -0.504 e. The number of phenols is 4. The van der Waals surface area contributed by atoms with Crippen LogP contribution >= 0.6 is 0 Å². The maximum absolute atomic E-state index is 13.6. The van der Waals surface area contributed by atoms with Crippen molar-refractivity contribution in [1.82, 2.24) is 4.90 Å². The van der Waals surface area contributed by atoms with Crippen LogP contribution in [0.2, 0.25) is 0 Å². The molecule has 8 nitrogen and oxygen atoms in total. The highest BCUT2D eigenvalue weighted by molar-refractivity contribution is 5.97. The van der Waals surface area contributed by atoms with Gasteiger partial charge in [-0.15, -0.1) is 0 Å². The van der Waals surface area contributed by atoms with Gasteiger partial charge in [-0.25, -0.2) is 4.79 Å². The number of hydrogen-bond donors (Lipinski definition) is 4. The zero-order valence-corrected chi connectivity index (χ0v) is 17.8. The molecule has 170 valence electrons. The van der Waals surface area contributed by atoms with Crippen LogP contribution in [0.3, 0.4) is 0 Å². The van der Waals surface area contributed by atoms with Crippen molar-refractivity contribution in [3.05, 3.63) is 82.9 Å². The molecule has 4 rings (SSSR count). The van der Waals surface area contributed by atoms with E-state index in [9.17, 15) is 30.0 Å². The molecule has 1 aliphatic rings. The third-order valence-electron chi connectivity index (χ3n) is 5.88. The molecule has 0 fully saturated rings. The van der Waals surface area contributed by atoms with Gasteiger partial charge in [-0.05, 0) is 59.5 Å². The predicted octanol–water partition coefficient (Wildman–Crippen LogP) is 3.03. The Balaban J connectivity index is 1.88. The van der Waals surface area contributed by atoms with Crippen molar-refractivity contribution in [2.45, 2.75) is 24.9 Å². The van der Waals surface area contributed by atoms with Crippen molar-refractivity contribution in [1.29, 1.82) is 0 Å². The Kier molecular flexibility index (Phi) is 5.83. The number of benzene rings is 3. The first-order valence-corrected chi connectivity index (χ1v) is 10.3. The Morgan fingerprint density at radius 3 is 2.24 bits per heavy atom. The van der Waals surface area contributed by atoms with Crippen LogP contribution in [0.1, 0.15) is 33.1 Å². The summed E-state index contributed by atoms with van der Waals surface area (Å²) in [6.07, 6.45) is 0.253. The zero-order valence-electron chi connectivity index (χ0n) is 17.8. The second-order valence-electron chi connectivity index (χ2n) is 7.90. The van der Waals surface area contributed by atoms with Crippen LogP contribution in [0.5, 0.6) is 23.0 Å². The van der Waals surface area contributed by atoms with Crippen molar-refractivity contribution in [3.8, 4) is 23.0 Å². The second kappa shape index (κ2) is 8.74. The van der Waals surface area contributed by atoms with Crippen LogP contribution in [-0.4, -0.2) is 50.4 Å². The summed E-state index contributed by atoms with van der Waals surface area (Å²) >= 11 is 0. The van der Waals surface area contributed by atoms with Gasteiger partial charge < -0.3 is 30.1 Å². The standard InChI is InChI=1S/C25H23NO7/c1-33-25(32)19-11-16-12-22(29)23(30)13-17(16)18(9-14-7-8-20(27)21(28)10-14)26(19)24(31)15-5-3-2-4-6-15/h2-8,10,12-13,18-19,27-30H,9,11H2,1H3/t18-,19-/m0/s1. The van der Waals surface area contributed by atoms with Crippen molar-refractivity contribution in [2.75, 3.05) is 7.11 Å². The van der Waals surface area contributed by atoms with Crippen molar-refractivity contribution < 1.29 is 34.8 Å². The van der Waals surface area contributed by atoms with E-state index >= 15 is 0 Å². The van der Waals surface area contributed by atoms with Crippen LogP contribution in [0, 0.1) is 0 Å². The average molecular weight is 449 g/mol. The van der Waals surface area contributed by atoms with E-state index in [0.717, 1.165) is 0 Å². The Hall–Kier alpha value is -4.20. The van der Waals surface area contributed by atoms with Gasteiger partial charge in [-0.1, -0.05) is 24.3 Å². The maximum Gasteiger partial charge on any atom is 0.328 e. The Labute approximate surface area is 189 Å². The summed E-state index contributed by atoms with van der Waals surface area (Å²) in [5, 5.41) is 39.9. The number of methoxy groups -OCH3 is 1. The molecule has 1 heterocycles. The normalized spacial score (nSPS) is 17.3. The fourth-order valence-corrected chi connectivity index (χ4v) is 4.27. The van der Waals surface area contributed by atoms with Gasteiger partial charge >= 0.3 is 5.97 Å². The highest BCUT2D eigenvalue weighted by atomic mass is 16.5. The highest BCUT2D eigenvalue weighted by Gasteiger charge is 2.42. The number of carbonyl (C=O) groups excluding carboxylic acids is 2. The molecule has 0 unspecified atom stereocenters. The van der Waals surface area contributed by atoms with E-state index in [1.807, 2.05) is 0 Å². The average Bonchev–Trinajstić information content (AvgIpc) is 2.82. The summed E-state index contributed by atoms with van der Waals surface area (Å²) in [6.45, 7) is 0. The number of carbonyl (C=O) groups is 2. The molecular formula is C25H23NO7. The molecule has 1 amide bonds. The monoisotopic (exact) mass is 449 g/mol. The van der Waals surface area contributed by atoms with E-state index in [1.54, 1.807) is 36.4 Å². The minimum atomic E-state index is -0.977. The zero-order chi connectivity index (χ0) is 23.7. The van der Waals surface area contributed by atoms with Crippen LogP contribution in [0.15, 0.2) is 60.7 Å². The molecule has 8 heteroatoms. The van der Waals surface area contributed by atoms with Gasteiger partial charge in [-0.3, -0.25) is 4.79 Å². The van der Waals surface area contributed by atoms with Gasteiger partial charge in [0.25, 0.3) is 5.91 Å². The molecule has 0 bridgehead atoms. The fourth-order valence-electron chi connectivity index (χ4n) is 4.27. The summed E-state index contributed by atoms with van der Waals surface area (Å²) in [6, 6.07) is 13.9. The van der Waals surface area contributed by atoms with Gasteiger partial charge in [-0.2, -0.15) is 0 Å². The highest BCUT2D eigenvalue weighted by Crippen LogP contribution is 2.42. The molecule has 3 aromatic rings. The smallest absolute Gasteiger partial charge is 0.328 e. The van der Waals surface area contributed by atoms with Crippen LogP contribution < -0.4 is 0 Å². The van der Waals surface area contributed by atoms with Crippen molar-refractivity contribution in [3.63, 3.8) is 0 Å². The molecular weight excluding hydrogens is 426 g/mol. The molecule has 4 N–H and O–H groups in total. The molecule has 0 saturated heterocycles. The lowest BCUT2D eigenvalue weighted by atomic mass is 9.84. The first-order chi connectivity index (χ1) is 15.8. The Morgan fingerprint density at radius 2 is 1.58 bits per heavy atom. The van der Waals surface area contributed by atoms with E-state index in [0.29, 0.717) is 22.3 Å². The summed E-state index contributed by atoms with van der Waals surface area (Å²) in [4.78, 5) is 27.8. The van der Waals surface area contributed by atoms with E-state index in [2.05, 4.69) is 0 Å². The first kappa shape index (κ1) is 22.0. The Bertz CT molecular complexity index is 1210. The van der Waals surface area contributed by atoms with Crippen LogP contribution in [0.25, 0.3) is 0 Å². The molecule has 3 aromatic carbocycles.